The first-order valence-corrected chi connectivity index (χ1v) is 9.96. The molecule has 0 saturated carbocycles. The molecule has 0 radical (unpaired) electrons. The summed E-state index contributed by atoms with van der Waals surface area (Å²) in [5.74, 6) is -3.24. The van der Waals surface area contributed by atoms with E-state index in [1.54, 1.807) is 18.2 Å². The molecule has 1 aromatic carbocycles. The Morgan fingerprint density at radius 1 is 1.00 bits per heavy atom. The van der Waals surface area contributed by atoms with Crippen LogP contribution < -0.4 is 4.90 Å². The first kappa shape index (κ1) is 19.7. The number of aliphatic hydroxyl groups is 1. The zero-order valence-corrected chi connectivity index (χ0v) is 16.5. The molecule has 1 fully saturated rings. The second-order valence-electron chi connectivity index (χ2n) is 7.89. The summed E-state index contributed by atoms with van der Waals surface area (Å²) >= 11 is 0. The van der Waals surface area contributed by atoms with Gasteiger partial charge in [0.05, 0.1) is 11.3 Å². The van der Waals surface area contributed by atoms with Crippen molar-refractivity contribution in [3.63, 3.8) is 0 Å². The molecule has 4 aliphatic rings. The van der Waals surface area contributed by atoms with Crippen molar-refractivity contribution in [1.82, 2.24) is 0 Å². The van der Waals surface area contributed by atoms with Crippen LogP contribution in [0.1, 0.15) is 21.8 Å². The number of ether oxygens (including phenoxy) is 1. The number of carbonyl (C=O) groups is 4. The Hall–Kier alpha value is -4.20. The van der Waals surface area contributed by atoms with Gasteiger partial charge in [0.2, 0.25) is 0 Å². The van der Waals surface area contributed by atoms with E-state index < -0.39 is 35.7 Å². The van der Waals surface area contributed by atoms with Crippen LogP contribution in [0.4, 0.5) is 5.69 Å². The summed E-state index contributed by atoms with van der Waals surface area (Å²) in [6.45, 7) is 0. The summed E-state index contributed by atoms with van der Waals surface area (Å²) < 4.78 is 5.97. The van der Waals surface area contributed by atoms with E-state index in [1.165, 1.54) is 36.4 Å². The molecule has 2 aliphatic heterocycles. The van der Waals surface area contributed by atoms with E-state index in [-0.39, 0.29) is 28.7 Å². The van der Waals surface area contributed by atoms with Gasteiger partial charge in [-0.25, -0.2) is 9.69 Å². The lowest BCUT2D eigenvalue weighted by Crippen LogP contribution is -2.40. The summed E-state index contributed by atoms with van der Waals surface area (Å²) in [6.07, 6.45) is 11.0. The van der Waals surface area contributed by atoms with Gasteiger partial charge in [0.1, 0.15) is 17.6 Å². The molecule has 2 N–H and O–H groups in total. The molecule has 1 saturated heterocycles. The van der Waals surface area contributed by atoms with Gasteiger partial charge in [-0.15, -0.1) is 0 Å². The molecule has 4 unspecified atom stereocenters. The van der Waals surface area contributed by atoms with Crippen LogP contribution in [-0.4, -0.2) is 39.9 Å². The molecule has 8 heteroatoms. The van der Waals surface area contributed by atoms with Gasteiger partial charge in [-0.1, -0.05) is 18.2 Å². The Morgan fingerprint density at radius 3 is 2.47 bits per heavy atom. The fraction of sp³-hybridized carbons (Fsp3) is 0.167. The van der Waals surface area contributed by atoms with Crippen LogP contribution in [0.25, 0.3) is 0 Å². The summed E-state index contributed by atoms with van der Waals surface area (Å²) in [5.41, 5.74) is 0.579. The van der Waals surface area contributed by atoms with E-state index in [1.807, 2.05) is 0 Å². The quantitative estimate of drug-likeness (QED) is 0.706. The highest BCUT2D eigenvalue weighted by molar-refractivity contribution is 6.28. The fourth-order valence-corrected chi connectivity index (χ4v) is 4.69. The monoisotopic (exact) mass is 431 g/mol. The Balaban J connectivity index is 1.64. The van der Waals surface area contributed by atoms with Gasteiger partial charge in [0.15, 0.2) is 5.78 Å². The number of benzene rings is 1. The second-order valence-corrected chi connectivity index (χ2v) is 7.89. The van der Waals surface area contributed by atoms with Crippen LogP contribution in [0.5, 0.6) is 0 Å². The van der Waals surface area contributed by atoms with Crippen molar-refractivity contribution in [3.05, 3.63) is 89.5 Å². The van der Waals surface area contributed by atoms with Gasteiger partial charge in [-0.2, -0.15) is 0 Å². The average molecular weight is 431 g/mol. The molecule has 160 valence electrons. The van der Waals surface area contributed by atoms with Gasteiger partial charge in [-0.3, -0.25) is 14.4 Å². The number of rotatable bonds is 3. The van der Waals surface area contributed by atoms with Crippen LogP contribution in [0.2, 0.25) is 0 Å². The van der Waals surface area contributed by atoms with Gasteiger partial charge in [0, 0.05) is 36.0 Å². The number of carboxylic acid groups (broad SMARTS) is 1. The number of imide groups is 1. The van der Waals surface area contributed by atoms with E-state index in [0.717, 1.165) is 17.1 Å². The zero-order valence-electron chi connectivity index (χ0n) is 16.5. The van der Waals surface area contributed by atoms with Crippen molar-refractivity contribution in [2.24, 2.45) is 11.8 Å². The minimum Gasteiger partial charge on any atom is -0.508 e. The topological polar surface area (TPSA) is 121 Å². The molecule has 2 amide bonds. The molecule has 32 heavy (non-hydrogen) atoms. The van der Waals surface area contributed by atoms with Crippen molar-refractivity contribution < 1.29 is 34.1 Å². The number of carboxylic acids is 1. The third-order valence-corrected chi connectivity index (χ3v) is 6.05. The molecule has 0 bridgehead atoms. The lowest BCUT2D eigenvalue weighted by atomic mass is 9.68. The lowest BCUT2D eigenvalue weighted by Gasteiger charge is -2.44. The van der Waals surface area contributed by atoms with Gasteiger partial charge < -0.3 is 14.9 Å². The smallest absolute Gasteiger partial charge is 0.336 e. The molecule has 1 aromatic rings. The van der Waals surface area contributed by atoms with Crippen LogP contribution >= 0.6 is 0 Å². The van der Waals surface area contributed by atoms with Crippen molar-refractivity contribution in [1.29, 1.82) is 0 Å². The number of hydrogen-bond acceptors (Lipinski definition) is 6. The maximum Gasteiger partial charge on any atom is 0.336 e. The fourth-order valence-electron chi connectivity index (χ4n) is 4.69. The van der Waals surface area contributed by atoms with E-state index in [0.29, 0.717) is 11.3 Å². The summed E-state index contributed by atoms with van der Waals surface area (Å²) in [7, 11) is 0. The van der Waals surface area contributed by atoms with Gasteiger partial charge in [0.25, 0.3) is 11.8 Å². The number of aromatic carboxylic acids is 1. The van der Waals surface area contributed by atoms with Gasteiger partial charge in [-0.05, 0) is 35.9 Å². The number of allylic oxidation sites excluding steroid dienone is 4. The van der Waals surface area contributed by atoms with Crippen molar-refractivity contribution in [2.75, 3.05) is 4.90 Å². The average Bonchev–Trinajstić information content (AvgIpc) is 3.09. The first-order valence-electron chi connectivity index (χ1n) is 9.96. The highest BCUT2D eigenvalue weighted by atomic mass is 16.5. The largest absolute Gasteiger partial charge is 0.508 e. The molecule has 0 aromatic heterocycles. The van der Waals surface area contributed by atoms with Crippen LogP contribution in [0, 0.1) is 11.8 Å². The Kier molecular flexibility index (Phi) is 4.44. The van der Waals surface area contributed by atoms with Crippen molar-refractivity contribution in [3.8, 4) is 0 Å². The highest BCUT2D eigenvalue weighted by Crippen LogP contribution is 2.49. The number of aliphatic hydroxyl groups excluding tert-OH is 1. The summed E-state index contributed by atoms with van der Waals surface area (Å²) in [6, 6.07) is 4.44. The molecule has 4 atom stereocenters. The summed E-state index contributed by atoms with van der Waals surface area (Å²) in [4.78, 5) is 49.2. The molecule has 0 spiro atoms. The maximum absolute atomic E-state index is 12.2. The van der Waals surface area contributed by atoms with Crippen molar-refractivity contribution >= 4 is 29.3 Å². The highest BCUT2D eigenvalue weighted by Gasteiger charge is 2.45. The number of carbonyl (C=O) groups excluding carboxylic acids is 3. The number of amides is 2. The SMILES string of the molecule is O=C1C=CC2C(=C1)OC1C=C(O)C=CC1C2c1ccc(N2C(=O)C=CC2=O)cc1C(=O)O. The van der Waals surface area contributed by atoms with E-state index in [9.17, 15) is 29.4 Å². The predicted octanol–water partition coefficient (Wildman–Crippen LogP) is 2.56. The maximum atomic E-state index is 12.2. The number of ketones is 1. The number of fused-ring (bicyclic) bond motifs is 2. The van der Waals surface area contributed by atoms with E-state index in [2.05, 4.69) is 0 Å². The Labute approximate surface area is 182 Å². The minimum absolute atomic E-state index is 0.0223. The number of nitrogens with zero attached hydrogens (tertiary/aromatic N) is 1. The third-order valence-electron chi connectivity index (χ3n) is 6.05. The van der Waals surface area contributed by atoms with Crippen LogP contribution in [-0.2, 0) is 19.1 Å². The molecular weight excluding hydrogens is 414 g/mol. The van der Waals surface area contributed by atoms with Crippen molar-refractivity contribution in [2.45, 2.75) is 12.0 Å². The number of anilines is 1. The second kappa shape index (κ2) is 7.19. The lowest BCUT2D eigenvalue weighted by molar-refractivity contribution is -0.120. The standard InChI is InChI=1S/C24H17NO7/c26-13-2-5-16-19(10-13)32-20-11-14(27)3-6-17(20)23(16)15-4-1-12(9-18(15)24(30)31)25-21(28)7-8-22(25)29/h1-11,16-17,19,23,26H,(H,30,31). The van der Waals surface area contributed by atoms with E-state index >= 15 is 0 Å². The molecular formula is C24H17NO7. The minimum atomic E-state index is -1.21. The molecule has 2 aliphatic carbocycles. The van der Waals surface area contributed by atoms with E-state index in [4.69, 9.17) is 4.74 Å². The Bertz CT molecular complexity index is 1210. The molecule has 8 nitrogen and oxygen atoms in total. The predicted molar refractivity (Wildman–Crippen MR) is 112 cm³/mol. The van der Waals surface area contributed by atoms with Gasteiger partial charge >= 0.3 is 5.97 Å². The normalized spacial score (nSPS) is 28.1. The Morgan fingerprint density at radius 2 is 1.75 bits per heavy atom. The molecule has 2 heterocycles. The molecule has 5 rings (SSSR count). The summed E-state index contributed by atoms with van der Waals surface area (Å²) in [5, 5.41) is 19.9. The van der Waals surface area contributed by atoms with Crippen LogP contribution in [0.3, 0.4) is 0 Å². The third kappa shape index (κ3) is 3.08. The number of hydrogen-bond donors (Lipinski definition) is 2. The first-order chi connectivity index (χ1) is 15.3. The van der Waals surface area contributed by atoms with Crippen LogP contribution in [0.15, 0.2) is 78.3 Å². The zero-order chi connectivity index (χ0) is 22.6.